The summed E-state index contributed by atoms with van der Waals surface area (Å²) in [5.74, 6) is 0.549. The lowest BCUT2D eigenvalue weighted by atomic mass is 9.90. The van der Waals surface area contributed by atoms with Crippen molar-refractivity contribution in [3.8, 4) is 17.0 Å². The second kappa shape index (κ2) is 8.96. The topological polar surface area (TPSA) is 76.5 Å². The van der Waals surface area contributed by atoms with E-state index in [1.165, 1.54) is 6.42 Å². The van der Waals surface area contributed by atoms with Crippen LogP contribution < -0.4 is 10.1 Å². The highest BCUT2D eigenvalue weighted by molar-refractivity contribution is 6.00. The highest BCUT2D eigenvalue weighted by Crippen LogP contribution is 2.33. The molecule has 1 saturated carbocycles. The predicted octanol–water partition coefficient (Wildman–Crippen LogP) is 4.02. The number of fused-ring (bicyclic) bond motifs is 1. The maximum absolute atomic E-state index is 13.6. The molecular formula is C25H34N4O3. The third-order valence-corrected chi connectivity index (χ3v) is 7.05. The molecule has 2 heterocycles. The van der Waals surface area contributed by atoms with Gasteiger partial charge in [-0.1, -0.05) is 26.2 Å². The van der Waals surface area contributed by atoms with Gasteiger partial charge in [0.05, 0.1) is 19.3 Å². The zero-order valence-corrected chi connectivity index (χ0v) is 19.6. The molecule has 7 heteroatoms. The van der Waals surface area contributed by atoms with E-state index in [2.05, 4.69) is 5.32 Å². The van der Waals surface area contributed by atoms with E-state index in [-0.39, 0.29) is 23.9 Å². The van der Waals surface area contributed by atoms with Crippen molar-refractivity contribution in [3.63, 3.8) is 0 Å². The quantitative estimate of drug-likeness (QED) is 0.739. The van der Waals surface area contributed by atoms with Gasteiger partial charge in [0.25, 0.3) is 5.91 Å². The van der Waals surface area contributed by atoms with Crippen molar-refractivity contribution in [2.75, 3.05) is 7.11 Å². The number of nitrogens with one attached hydrogen (secondary N) is 1. The number of hydrogen-bond donors (Lipinski definition) is 1. The number of ether oxygens (including phenoxy) is 1. The zero-order valence-electron chi connectivity index (χ0n) is 19.6. The minimum absolute atomic E-state index is 0.0577. The van der Waals surface area contributed by atoms with Crippen LogP contribution in [0.2, 0.25) is 0 Å². The van der Waals surface area contributed by atoms with Gasteiger partial charge in [0.1, 0.15) is 17.0 Å². The molecule has 7 nitrogen and oxygen atoms in total. The lowest BCUT2D eigenvalue weighted by Gasteiger charge is -2.46. The summed E-state index contributed by atoms with van der Waals surface area (Å²) >= 11 is 0. The molecule has 32 heavy (non-hydrogen) atoms. The van der Waals surface area contributed by atoms with Gasteiger partial charge in [0.15, 0.2) is 0 Å². The van der Waals surface area contributed by atoms with Crippen LogP contribution in [0.1, 0.15) is 69.8 Å². The van der Waals surface area contributed by atoms with Crippen molar-refractivity contribution in [2.24, 2.45) is 0 Å². The zero-order chi connectivity index (χ0) is 22.9. The Morgan fingerprint density at radius 1 is 1.25 bits per heavy atom. The molecule has 2 atom stereocenters. The van der Waals surface area contributed by atoms with Crippen LogP contribution in [0.5, 0.6) is 5.75 Å². The maximum Gasteiger partial charge on any atom is 0.273 e. The number of rotatable bonds is 6. The fraction of sp³-hybridized carbons (Fsp3) is 0.560. The molecule has 2 aromatic rings. The molecule has 1 aliphatic heterocycles. The van der Waals surface area contributed by atoms with Crippen LogP contribution in [0.4, 0.5) is 0 Å². The molecule has 0 spiro atoms. The van der Waals surface area contributed by atoms with Crippen LogP contribution in [0.15, 0.2) is 30.3 Å². The molecular weight excluding hydrogens is 404 g/mol. The molecule has 0 saturated heterocycles. The predicted molar refractivity (Wildman–Crippen MR) is 124 cm³/mol. The Balaban J connectivity index is 1.67. The van der Waals surface area contributed by atoms with Crippen molar-refractivity contribution in [3.05, 3.63) is 36.0 Å². The largest absolute Gasteiger partial charge is 0.497 e. The van der Waals surface area contributed by atoms with E-state index in [9.17, 15) is 9.59 Å². The Bertz CT molecular complexity index is 978. The van der Waals surface area contributed by atoms with Crippen molar-refractivity contribution >= 4 is 11.8 Å². The first-order chi connectivity index (χ1) is 15.4. The van der Waals surface area contributed by atoms with Crippen molar-refractivity contribution in [1.82, 2.24) is 20.0 Å². The Labute approximate surface area is 190 Å². The van der Waals surface area contributed by atoms with Crippen LogP contribution >= 0.6 is 0 Å². The van der Waals surface area contributed by atoms with Gasteiger partial charge in [-0.3, -0.25) is 14.3 Å². The molecule has 2 aliphatic rings. The molecule has 1 N–H and O–H groups in total. The maximum atomic E-state index is 13.6. The van der Waals surface area contributed by atoms with E-state index in [0.29, 0.717) is 12.2 Å². The lowest BCUT2D eigenvalue weighted by molar-refractivity contribution is -0.135. The Morgan fingerprint density at radius 2 is 1.94 bits per heavy atom. The molecule has 2 unspecified atom stereocenters. The SMILES string of the molecule is CCC(C)N1C(=O)c2cc(-c3ccc(OC)cc3)nn2CC1(C)C(=O)NC1CCCCC1. The summed E-state index contributed by atoms with van der Waals surface area (Å²) in [4.78, 5) is 29.0. The molecule has 1 aromatic heterocycles. The third-order valence-electron chi connectivity index (χ3n) is 7.05. The van der Waals surface area contributed by atoms with Gasteiger partial charge in [0.2, 0.25) is 5.91 Å². The van der Waals surface area contributed by atoms with Crippen molar-refractivity contribution in [2.45, 2.75) is 83.5 Å². The monoisotopic (exact) mass is 438 g/mol. The molecule has 1 aliphatic carbocycles. The van der Waals surface area contributed by atoms with Crippen LogP contribution in [-0.4, -0.2) is 51.2 Å². The van der Waals surface area contributed by atoms with Crippen molar-refractivity contribution in [1.29, 1.82) is 0 Å². The second-order valence-corrected chi connectivity index (χ2v) is 9.32. The average molecular weight is 439 g/mol. The smallest absolute Gasteiger partial charge is 0.273 e. The number of methoxy groups -OCH3 is 1. The van der Waals surface area contributed by atoms with Crippen molar-refractivity contribution < 1.29 is 14.3 Å². The summed E-state index contributed by atoms with van der Waals surface area (Å²) in [6.07, 6.45) is 6.30. The molecule has 1 fully saturated rings. The van der Waals surface area contributed by atoms with Crippen LogP contribution in [0.3, 0.4) is 0 Å². The number of benzene rings is 1. The lowest BCUT2D eigenvalue weighted by Crippen LogP contribution is -2.67. The van der Waals surface area contributed by atoms with E-state index in [0.717, 1.165) is 49.1 Å². The number of aromatic nitrogens is 2. The summed E-state index contributed by atoms with van der Waals surface area (Å²) in [5, 5.41) is 7.97. The summed E-state index contributed by atoms with van der Waals surface area (Å²) in [6, 6.07) is 9.58. The first-order valence-corrected chi connectivity index (χ1v) is 11.7. The molecule has 1 aromatic carbocycles. The highest BCUT2D eigenvalue weighted by atomic mass is 16.5. The van der Waals surface area contributed by atoms with Gasteiger partial charge >= 0.3 is 0 Å². The molecule has 172 valence electrons. The Hall–Kier alpha value is -2.83. The van der Waals surface area contributed by atoms with Gasteiger partial charge in [-0.2, -0.15) is 5.10 Å². The fourth-order valence-corrected chi connectivity index (χ4v) is 4.97. The van der Waals surface area contributed by atoms with Crippen LogP contribution in [0.25, 0.3) is 11.3 Å². The number of carbonyl (C=O) groups excluding carboxylic acids is 2. The van der Waals surface area contributed by atoms with E-state index in [1.54, 1.807) is 16.7 Å². The first-order valence-electron chi connectivity index (χ1n) is 11.7. The summed E-state index contributed by atoms with van der Waals surface area (Å²) in [5.41, 5.74) is 1.17. The molecule has 2 amide bonds. The number of amides is 2. The number of nitrogens with zero attached hydrogens (tertiary/aromatic N) is 3. The minimum Gasteiger partial charge on any atom is -0.497 e. The fourth-order valence-electron chi connectivity index (χ4n) is 4.97. The molecule has 0 radical (unpaired) electrons. The summed E-state index contributed by atoms with van der Waals surface area (Å²) in [6.45, 7) is 6.28. The van der Waals surface area contributed by atoms with Crippen LogP contribution in [0, 0.1) is 0 Å². The van der Waals surface area contributed by atoms with E-state index in [1.807, 2.05) is 51.1 Å². The Kier molecular flexibility index (Phi) is 6.26. The molecule has 0 bridgehead atoms. The van der Waals surface area contributed by atoms with E-state index in [4.69, 9.17) is 9.84 Å². The summed E-state index contributed by atoms with van der Waals surface area (Å²) in [7, 11) is 1.63. The minimum atomic E-state index is -0.986. The van der Waals surface area contributed by atoms with Gasteiger partial charge in [0, 0.05) is 17.6 Å². The van der Waals surface area contributed by atoms with Gasteiger partial charge in [-0.05, 0) is 63.4 Å². The number of hydrogen-bond acceptors (Lipinski definition) is 4. The van der Waals surface area contributed by atoms with Crippen LogP contribution in [-0.2, 0) is 11.3 Å². The standard InChI is InChI=1S/C25H34N4O3/c1-5-17(2)29-23(30)22-15-21(18-11-13-20(32-4)14-12-18)27-28(22)16-25(29,3)24(31)26-19-9-7-6-8-10-19/h11-15,17,19H,5-10,16H2,1-4H3,(H,26,31). The van der Waals surface area contributed by atoms with Gasteiger partial charge in [-0.25, -0.2) is 0 Å². The highest BCUT2D eigenvalue weighted by Gasteiger charge is 2.49. The van der Waals surface area contributed by atoms with E-state index < -0.39 is 5.54 Å². The Morgan fingerprint density at radius 3 is 2.56 bits per heavy atom. The second-order valence-electron chi connectivity index (χ2n) is 9.32. The van der Waals surface area contributed by atoms with Gasteiger partial charge < -0.3 is 15.0 Å². The summed E-state index contributed by atoms with van der Waals surface area (Å²) < 4.78 is 6.95. The normalized spacial score (nSPS) is 22.4. The van der Waals surface area contributed by atoms with E-state index >= 15 is 0 Å². The third kappa shape index (κ3) is 4.00. The van der Waals surface area contributed by atoms with Gasteiger partial charge in [-0.15, -0.1) is 0 Å². The molecule has 4 rings (SSSR count). The first kappa shape index (κ1) is 22.4. The number of carbonyl (C=O) groups is 2. The average Bonchev–Trinajstić information content (AvgIpc) is 3.23.